The number of rotatable bonds is 12. The molecule has 0 saturated carbocycles. The van der Waals surface area contributed by atoms with Crippen molar-refractivity contribution in [3.8, 4) is 45.6 Å². The van der Waals surface area contributed by atoms with Crippen LogP contribution in [-0.2, 0) is 35.4 Å². The van der Waals surface area contributed by atoms with Gasteiger partial charge in [0, 0.05) is 95.7 Å². The Morgan fingerprint density at radius 2 is 0.723 bits per heavy atom. The molecule has 330 valence electrons. The number of unbranched alkanes of at least 4 members (excludes halogenated alkanes) is 6. The Balaban J connectivity index is 0.000000234. The summed E-state index contributed by atoms with van der Waals surface area (Å²) in [5.41, 5.74) is 5.78. The molecule has 0 amide bonds. The van der Waals surface area contributed by atoms with Crippen molar-refractivity contribution < 1.29 is 45.6 Å². The van der Waals surface area contributed by atoms with Gasteiger partial charge in [0.05, 0.1) is 34.8 Å². The second kappa shape index (κ2) is 22.9. The zero-order chi connectivity index (χ0) is 45.0. The number of carbonyl (C=O) groups excluding carboxylic acids is 2. The second-order valence-electron chi connectivity index (χ2n) is 15.8. The van der Waals surface area contributed by atoms with Crippen LogP contribution < -0.4 is 9.97 Å². The molecule has 0 spiro atoms. The number of hydrogen-bond donors (Lipinski definition) is 2. The zero-order valence-electron chi connectivity index (χ0n) is 37.3. The molecule has 8 bridgehead atoms. The van der Waals surface area contributed by atoms with E-state index >= 15 is 0 Å². The van der Waals surface area contributed by atoms with Crippen molar-refractivity contribution in [3.05, 3.63) is 121 Å². The molecule has 2 N–H and O–H groups in total. The van der Waals surface area contributed by atoms with Gasteiger partial charge in [-0.2, -0.15) is 0 Å². The standard InChI is InChI=1S/C32H16N8.2C10H18O2.Hf/c1-2-10-18-17(9-1)25-33-26(18)38-28-21-13-5-6-14-22(21)30(35-28)40-32-24-16-8-7-15-23(24)31(36-32)39-29-20-12-4-3-11-19(20)27(34-29)37-25;2*1-3-4-5-6-7-10(12)8-9(2)11;/h1-16H;2*8,11H,3-7H2,1-2H3;/q-2;;;/b;2*9-8-;. The number of carbonyl (C=O) groups is 2. The summed E-state index contributed by atoms with van der Waals surface area (Å²) in [6.45, 7) is 7.31. The van der Waals surface area contributed by atoms with E-state index in [-0.39, 0.29) is 48.9 Å². The summed E-state index contributed by atoms with van der Waals surface area (Å²) in [4.78, 5) is 61.2. The maximum atomic E-state index is 11.0. The number of ketones is 2. The molecule has 0 atom stereocenters. The summed E-state index contributed by atoms with van der Waals surface area (Å²) in [5.74, 6) is 2.49. The van der Waals surface area contributed by atoms with Crippen LogP contribution in [0.15, 0.2) is 121 Å². The van der Waals surface area contributed by atoms with E-state index in [1.54, 1.807) is 0 Å². The minimum atomic E-state index is 0. The molecule has 0 saturated heterocycles. The minimum Gasteiger partial charge on any atom is -0.512 e. The molecule has 7 aromatic rings. The van der Waals surface area contributed by atoms with E-state index in [1.807, 2.05) is 97.1 Å². The molecule has 9 rings (SSSR count). The van der Waals surface area contributed by atoms with Gasteiger partial charge in [0.25, 0.3) is 0 Å². The molecule has 2 aliphatic rings. The average Bonchev–Trinajstić information content (AvgIpc) is 4.03. The first-order chi connectivity index (χ1) is 31.1. The van der Waals surface area contributed by atoms with Crippen LogP contribution in [0.5, 0.6) is 0 Å². The van der Waals surface area contributed by atoms with Gasteiger partial charge in [-0.05, 0) is 48.2 Å². The van der Waals surface area contributed by atoms with Crippen molar-refractivity contribution >= 4 is 55.7 Å². The van der Waals surface area contributed by atoms with E-state index in [0.29, 0.717) is 58.7 Å². The van der Waals surface area contributed by atoms with Crippen LogP contribution in [-0.4, -0.2) is 51.7 Å². The summed E-state index contributed by atoms with van der Waals surface area (Å²) < 4.78 is 0. The summed E-state index contributed by atoms with van der Waals surface area (Å²) in [6.07, 6.45) is 12.6. The van der Waals surface area contributed by atoms with Crippen molar-refractivity contribution in [3.63, 3.8) is 0 Å². The molecular formula is C52H52HfN8O4-2. The summed E-state index contributed by atoms with van der Waals surface area (Å²) >= 11 is 0. The smallest absolute Gasteiger partial charge is 0.159 e. The van der Waals surface area contributed by atoms with Crippen molar-refractivity contribution in [2.24, 2.45) is 0 Å². The monoisotopic (exact) mass is 1030 g/mol. The average molecular weight is 1030 g/mol. The first-order valence-corrected chi connectivity index (χ1v) is 22.0. The fourth-order valence-corrected chi connectivity index (χ4v) is 7.52. The number of benzene rings is 4. The van der Waals surface area contributed by atoms with Crippen LogP contribution in [0, 0.1) is 0 Å². The summed E-state index contributed by atoms with van der Waals surface area (Å²) in [6, 6.07) is 31.8. The zero-order valence-corrected chi connectivity index (χ0v) is 40.8. The van der Waals surface area contributed by atoms with Crippen molar-refractivity contribution in [1.29, 1.82) is 0 Å². The Labute approximate surface area is 397 Å². The van der Waals surface area contributed by atoms with Crippen LogP contribution in [0.4, 0.5) is 0 Å². The Morgan fingerprint density at radius 3 is 0.985 bits per heavy atom. The fraction of sp³-hybridized carbons (Fsp3) is 0.269. The maximum Gasteiger partial charge on any atom is 0.159 e. The van der Waals surface area contributed by atoms with Gasteiger partial charge in [-0.15, -0.1) is 0 Å². The van der Waals surface area contributed by atoms with Crippen LogP contribution in [0.2, 0.25) is 0 Å². The van der Waals surface area contributed by atoms with Crippen LogP contribution in [0.3, 0.4) is 0 Å². The molecule has 2 aliphatic heterocycles. The number of nitrogens with zero attached hydrogens (tertiary/aromatic N) is 8. The molecular weight excluding hydrogens is 979 g/mol. The third-order valence-corrected chi connectivity index (χ3v) is 10.6. The molecule has 5 heterocycles. The molecule has 0 aliphatic carbocycles. The maximum absolute atomic E-state index is 11.0. The quantitative estimate of drug-likeness (QED) is 0.0512. The predicted octanol–water partition coefficient (Wildman–Crippen LogP) is 12.1. The van der Waals surface area contributed by atoms with Crippen molar-refractivity contribution in [2.45, 2.75) is 91.9 Å². The van der Waals surface area contributed by atoms with Crippen LogP contribution in [0.25, 0.3) is 89.7 Å². The van der Waals surface area contributed by atoms with Gasteiger partial charge >= 0.3 is 0 Å². The third-order valence-electron chi connectivity index (χ3n) is 10.6. The van der Waals surface area contributed by atoms with Gasteiger partial charge in [0.15, 0.2) is 11.6 Å². The summed E-state index contributed by atoms with van der Waals surface area (Å²) in [7, 11) is 0. The number of allylic oxidation sites excluding steroid dienone is 4. The second-order valence-corrected chi connectivity index (χ2v) is 15.8. The number of hydrogen-bond acceptors (Lipinski definition) is 10. The number of aromatic nitrogens is 8. The van der Waals surface area contributed by atoms with E-state index < -0.39 is 0 Å². The first kappa shape index (κ1) is 48.0. The molecule has 0 radical (unpaired) electrons. The summed E-state index contributed by atoms with van der Waals surface area (Å²) in [5, 5.41) is 21.1. The predicted molar refractivity (Wildman–Crippen MR) is 254 cm³/mol. The molecule has 12 nitrogen and oxygen atoms in total. The minimum absolute atomic E-state index is 0. The number of aliphatic hydroxyl groups is 2. The van der Waals surface area contributed by atoms with Crippen LogP contribution >= 0.6 is 0 Å². The van der Waals surface area contributed by atoms with E-state index in [2.05, 4.69) is 13.8 Å². The van der Waals surface area contributed by atoms with Gasteiger partial charge < -0.3 is 40.1 Å². The van der Waals surface area contributed by atoms with Crippen LogP contribution in [0.1, 0.15) is 91.9 Å². The van der Waals surface area contributed by atoms with E-state index in [1.165, 1.54) is 51.7 Å². The first-order valence-electron chi connectivity index (χ1n) is 22.0. The molecule has 0 unspecified atom stereocenters. The molecule has 4 aromatic carbocycles. The Morgan fingerprint density at radius 1 is 0.446 bits per heavy atom. The SMILES string of the molecule is CCCCCCC(=O)/C=C(/C)O.CCCCCCC(=O)/C=C(/C)O.[Hf].c1ccc2c(c1)-c1nc-2nc2[n-]c(nc3nc(nc4[n-]c(n1)c1ccccc41)-c1ccccc1-3)c1ccccc21. The van der Waals surface area contributed by atoms with E-state index in [9.17, 15) is 9.59 Å². The largest absolute Gasteiger partial charge is 0.512 e. The van der Waals surface area contributed by atoms with E-state index in [4.69, 9.17) is 50.1 Å². The topological polar surface area (TPSA) is 180 Å². The van der Waals surface area contributed by atoms with Crippen molar-refractivity contribution in [2.75, 3.05) is 0 Å². The van der Waals surface area contributed by atoms with E-state index in [0.717, 1.165) is 69.5 Å². The molecule has 13 heteroatoms. The molecule has 3 aromatic heterocycles. The third kappa shape index (κ3) is 12.0. The normalized spacial score (nSPS) is 11.7. The number of fused-ring (bicyclic) bond motifs is 20. The Bertz CT molecular complexity index is 2680. The molecule has 0 fully saturated rings. The Hall–Kier alpha value is -6.47. The van der Waals surface area contributed by atoms with Gasteiger partial charge in [-0.25, -0.2) is 9.97 Å². The van der Waals surface area contributed by atoms with Crippen molar-refractivity contribution in [1.82, 2.24) is 39.9 Å². The fourth-order valence-electron chi connectivity index (χ4n) is 7.52. The van der Waals surface area contributed by atoms with Gasteiger partial charge in [-0.3, -0.25) is 9.59 Å². The molecule has 65 heavy (non-hydrogen) atoms. The van der Waals surface area contributed by atoms with Gasteiger partial charge in [0.1, 0.15) is 0 Å². The number of aliphatic hydroxyl groups excluding tert-OH is 2. The Kier molecular flexibility index (Phi) is 16.9. The van der Waals surface area contributed by atoms with Gasteiger partial charge in [0.2, 0.25) is 0 Å². The van der Waals surface area contributed by atoms with Gasteiger partial charge in [-0.1, -0.05) is 149 Å².